The number of nitrogens with zero attached hydrogens (tertiary/aromatic N) is 3. The van der Waals surface area contributed by atoms with Crippen molar-refractivity contribution in [3.63, 3.8) is 0 Å². The number of halogens is 2. The maximum absolute atomic E-state index is 14.2. The number of hydrogen-bond acceptors (Lipinski definition) is 4. The Hall–Kier alpha value is -5.11. The summed E-state index contributed by atoms with van der Waals surface area (Å²) >= 11 is 0. The van der Waals surface area contributed by atoms with Gasteiger partial charge in [0.2, 0.25) is 5.91 Å². The van der Waals surface area contributed by atoms with Crippen LogP contribution in [0.25, 0.3) is 15.7 Å². The molecule has 1 spiro atoms. The summed E-state index contributed by atoms with van der Waals surface area (Å²) in [6, 6.07) is 14.4. The summed E-state index contributed by atoms with van der Waals surface area (Å²) in [5.74, 6) is -2.95. The molecule has 3 amide bonds. The molecule has 3 N–H and O–H groups in total. The van der Waals surface area contributed by atoms with Crippen molar-refractivity contribution in [1.82, 2.24) is 20.2 Å². The number of pyridine rings is 1. The topological polar surface area (TPSA) is 112 Å². The molecule has 4 aromatic rings. The summed E-state index contributed by atoms with van der Waals surface area (Å²) in [6.45, 7) is 5.72. The average molecular weight is 542 g/mol. The number of anilines is 1. The molecule has 2 aliphatic heterocycles. The maximum Gasteiger partial charge on any atom is 0.350 e. The minimum Gasteiger partial charge on any atom is -0.348 e. The summed E-state index contributed by atoms with van der Waals surface area (Å²) in [6.07, 6.45) is 0.912. The van der Waals surface area contributed by atoms with Gasteiger partial charge in [-0.2, -0.15) is 0 Å². The van der Waals surface area contributed by atoms with Gasteiger partial charge in [-0.15, -0.1) is 0 Å². The zero-order valence-electron chi connectivity index (χ0n) is 21.0. The van der Waals surface area contributed by atoms with Crippen molar-refractivity contribution in [1.29, 1.82) is 0 Å². The van der Waals surface area contributed by atoms with Gasteiger partial charge in [0.05, 0.1) is 11.9 Å². The van der Waals surface area contributed by atoms with E-state index in [0.717, 1.165) is 17.7 Å². The van der Waals surface area contributed by atoms with E-state index in [2.05, 4.69) is 25.4 Å². The highest BCUT2D eigenvalue weighted by Crippen LogP contribution is 2.46. The lowest BCUT2D eigenvalue weighted by molar-refractivity contribution is -0.133. The van der Waals surface area contributed by atoms with Gasteiger partial charge >= 0.3 is 6.17 Å². The molecule has 2 aliphatic rings. The number of rotatable bonds is 5. The molecule has 1 unspecified atom stereocenters. The van der Waals surface area contributed by atoms with Crippen LogP contribution in [-0.2, 0) is 21.4 Å². The van der Waals surface area contributed by atoms with Gasteiger partial charge in [0.25, 0.3) is 18.4 Å². The molecule has 200 valence electrons. The van der Waals surface area contributed by atoms with Crippen molar-refractivity contribution < 1.29 is 23.2 Å². The molecule has 9 nitrogen and oxygen atoms in total. The first kappa shape index (κ1) is 25.2. The fourth-order valence-electron chi connectivity index (χ4n) is 5.61. The predicted molar refractivity (Wildman–Crippen MR) is 143 cm³/mol. The minimum absolute atomic E-state index is 0.00253. The smallest absolute Gasteiger partial charge is 0.348 e. The van der Waals surface area contributed by atoms with Crippen LogP contribution in [0.15, 0.2) is 66.9 Å². The second kappa shape index (κ2) is 9.57. The monoisotopic (exact) mass is 541 g/mol. The van der Waals surface area contributed by atoms with Crippen LogP contribution >= 0.6 is 0 Å². The highest BCUT2D eigenvalue weighted by molar-refractivity contribution is 6.07. The number of carbonyl (C=O) groups is 3. The molecule has 2 aromatic carbocycles. The average Bonchev–Trinajstić information content (AvgIpc) is 3.66. The maximum atomic E-state index is 14.2. The molecule has 0 radical (unpaired) electrons. The molecule has 2 aromatic heterocycles. The number of fused-ring (bicyclic) bond motifs is 3. The van der Waals surface area contributed by atoms with Crippen LogP contribution < -0.4 is 10.6 Å². The number of nitrogens with one attached hydrogen (secondary N) is 3. The first-order valence-corrected chi connectivity index (χ1v) is 12.6. The lowest BCUT2D eigenvalue weighted by atomic mass is 9.80. The van der Waals surface area contributed by atoms with Crippen LogP contribution in [0.4, 0.5) is 14.5 Å². The Labute approximate surface area is 227 Å². The van der Waals surface area contributed by atoms with Gasteiger partial charge in [-0.05, 0) is 42.0 Å². The fraction of sp³-hybridized carbons (Fsp3) is 0.207. The molecule has 11 heteroatoms. The lowest BCUT2D eigenvalue weighted by Crippen LogP contribution is -2.51. The lowest BCUT2D eigenvalue weighted by Gasteiger charge is -2.25. The molecule has 0 saturated carbocycles. The Kier molecular flexibility index (Phi) is 6.03. The molecular formula is C29H23F2N6O3+. The Bertz CT molecular complexity index is 1680. The van der Waals surface area contributed by atoms with Crippen molar-refractivity contribution in [3.05, 3.63) is 100 Å². The summed E-state index contributed by atoms with van der Waals surface area (Å²) in [5, 5.41) is 5.47. The van der Waals surface area contributed by atoms with E-state index in [0.29, 0.717) is 11.4 Å². The van der Waals surface area contributed by atoms with Gasteiger partial charge in [-0.1, -0.05) is 29.1 Å². The Morgan fingerprint density at radius 3 is 2.67 bits per heavy atom. The van der Waals surface area contributed by atoms with Gasteiger partial charge in [0.1, 0.15) is 28.8 Å². The second-order valence-electron chi connectivity index (χ2n) is 9.93. The van der Waals surface area contributed by atoms with Crippen LogP contribution in [0.1, 0.15) is 28.2 Å². The largest absolute Gasteiger partial charge is 0.350 e. The first-order chi connectivity index (χ1) is 19.3. The number of benzene rings is 2. The van der Waals surface area contributed by atoms with Crippen LogP contribution in [0.5, 0.6) is 0 Å². The molecule has 1 saturated heterocycles. The minimum atomic E-state index is -1.15. The van der Waals surface area contributed by atoms with Crippen LogP contribution in [-0.4, -0.2) is 51.3 Å². The van der Waals surface area contributed by atoms with Crippen molar-refractivity contribution in [2.24, 2.45) is 0 Å². The third kappa shape index (κ3) is 4.05. The Balaban J connectivity index is 1.33. The Morgan fingerprint density at radius 1 is 1.15 bits per heavy atom. The van der Waals surface area contributed by atoms with Crippen molar-refractivity contribution in [2.75, 3.05) is 11.9 Å². The molecule has 1 fully saturated rings. The SMILES string of the molecule is C#[N+][C@@H]1C[C@@]2(CN1C(=O)C(Cc1ccccn1)NC(=O)c1cc3c(F)ccc(F)c3[nH]1)C(=O)Nc1ccccc12. The number of H-pyrrole nitrogens is 1. The van der Waals surface area contributed by atoms with Crippen molar-refractivity contribution >= 4 is 34.3 Å². The standard InChI is InChI=1S/C29H22F2N6O3/c1-32-24-14-29(18-7-2-3-8-21(18)36-28(29)40)15-37(24)27(39)23(12-16-6-4-5-11-33-16)35-26(38)22-13-17-19(30)9-10-20(31)25(17)34-22/h1-11,13,23-24H,12,14-15H2,(H2-,34,35,36,38,40)/p+1/t23?,24-,29-/m0/s1. The summed E-state index contributed by atoms with van der Waals surface area (Å²) in [7, 11) is 0. The summed E-state index contributed by atoms with van der Waals surface area (Å²) in [5.41, 5.74) is 0.595. The van der Waals surface area contributed by atoms with Gasteiger partial charge < -0.3 is 15.6 Å². The van der Waals surface area contributed by atoms with E-state index in [-0.39, 0.29) is 41.9 Å². The molecule has 0 bridgehead atoms. The number of para-hydroxylation sites is 1. The predicted octanol–water partition coefficient (Wildman–Crippen LogP) is 3.59. The van der Waals surface area contributed by atoms with Gasteiger partial charge in [-0.3, -0.25) is 24.3 Å². The molecule has 3 atom stereocenters. The number of likely N-dealkylation sites (tertiary alicyclic amines) is 1. The summed E-state index contributed by atoms with van der Waals surface area (Å²) < 4.78 is 28.5. The molecule has 0 aliphatic carbocycles. The fourth-order valence-corrected chi connectivity index (χ4v) is 5.61. The van der Waals surface area contributed by atoms with Gasteiger partial charge in [-0.25, -0.2) is 8.78 Å². The van der Waals surface area contributed by atoms with E-state index in [1.54, 1.807) is 36.5 Å². The number of amides is 3. The highest BCUT2D eigenvalue weighted by Gasteiger charge is 2.60. The second-order valence-corrected chi connectivity index (χ2v) is 9.93. The van der Waals surface area contributed by atoms with Crippen molar-refractivity contribution in [3.8, 4) is 6.57 Å². The van der Waals surface area contributed by atoms with Crippen molar-refractivity contribution in [2.45, 2.75) is 30.5 Å². The number of carbonyl (C=O) groups excluding carboxylic acids is 3. The van der Waals surface area contributed by atoms with Crippen LogP contribution in [0.3, 0.4) is 0 Å². The third-order valence-corrected chi connectivity index (χ3v) is 7.59. The number of aromatic amines is 1. The molecule has 40 heavy (non-hydrogen) atoms. The first-order valence-electron chi connectivity index (χ1n) is 12.6. The van der Waals surface area contributed by atoms with E-state index >= 15 is 0 Å². The molecule has 6 rings (SSSR count). The zero-order valence-corrected chi connectivity index (χ0v) is 21.0. The quantitative estimate of drug-likeness (QED) is 0.359. The van der Waals surface area contributed by atoms with Gasteiger partial charge in [0.15, 0.2) is 0 Å². The van der Waals surface area contributed by atoms with E-state index in [9.17, 15) is 23.2 Å². The zero-order chi connectivity index (χ0) is 28.0. The number of hydrogen-bond donors (Lipinski definition) is 3. The molecular weight excluding hydrogens is 518 g/mol. The van der Waals surface area contributed by atoms with E-state index in [1.807, 2.05) is 12.1 Å². The van der Waals surface area contributed by atoms with Crippen LogP contribution in [0, 0.1) is 18.2 Å². The number of aromatic nitrogens is 2. The van der Waals surface area contributed by atoms with E-state index in [4.69, 9.17) is 6.57 Å². The summed E-state index contributed by atoms with van der Waals surface area (Å²) in [4.78, 5) is 52.6. The van der Waals surface area contributed by atoms with E-state index in [1.165, 1.54) is 11.0 Å². The Morgan fingerprint density at radius 2 is 1.93 bits per heavy atom. The third-order valence-electron chi connectivity index (χ3n) is 7.59. The van der Waals surface area contributed by atoms with E-state index < -0.39 is 41.1 Å². The normalized spacial score (nSPS) is 20.3. The molecule has 4 heterocycles. The highest BCUT2D eigenvalue weighted by atomic mass is 19.1. The van der Waals surface area contributed by atoms with Gasteiger partial charge in [0, 0.05) is 35.9 Å². The van der Waals surface area contributed by atoms with Crippen LogP contribution in [0.2, 0.25) is 0 Å².